The Bertz CT molecular complexity index is 294. The van der Waals surface area contributed by atoms with Crippen molar-refractivity contribution in [3.63, 3.8) is 0 Å². The second-order valence-electron chi connectivity index (χ2n) is 5.71. The smallest absolute Gasteiger partial charge is 0.191 e. The summed E-state index contributed by atoms with van der Waals surface area (Å²) >= 11 is 1.91. The molecule has 1 rings (SSSR count). The van der Waals surface area contributed by atoms with Crippen LogP contribution in [0, 0.1) is 0 Å². The number of methoxy groups -OCH3 is 1. The molecular weight excluding hydrogens is 296 g/mol. The van der Waals surface area contributed by atoms with Gasteiger partial charge in [-0.2, -0.15) is 11.8 Å². The van der Waals surface area contributed by atoms with E-state index in [-0.39, 0.29) is 0 Å². The number of hydrogen-bond donors (Lipinski definition) is 2. The number of likely N-dealkylation sites (tertiary alicyclic amines) is 1. The van der Waals surface area contributed by atoms with Gasteiger partial charge < -0.3 is 20.3 Å². The normalized spacial score (nSPS) is 17.7. The van der Waals surface area contributed by atoms with Crippen LogP contribution in [0.25, 0.3) is 0 Å². The predicted octanol–water partition coefficient (Wildman–Crippen LogP) is 1.80. The first-order valence-electron chi connectivity index (χ1n) is 8.55. The van der Waals surface area contributed by atoms with E-state index in [2.05, 4.69) is 28.7 Å². The van der Waals surface area contributed by atoms with Crippen LogP contribution in [0.1, 0.15) is 32.6 Å². The molecule has 0 aromatic rings. The summed E-state index contributed by atoms with van der Waals surface area (Å²) in [6.45, 7) is 8.14. The first-order valence-corrected chi connectivity index (χ1v) is 9.94. The predicted molar refractivity (Wildman–Crippen MR) is 98.1 cm³/mol. The largest absolute Gasteiger partial charge is 0.383 e. The highest BCUT2D eigenvalue weighted by molar-refractivity contribution is 7.98. The Kier molecular flexibility index (Phi) is 11.6. The van der Waals surface area contributed by atoms with Gasteiger partial charge in [0.15, 0.2) is 5.96 Å². The summed E-state index contributed by atoms with van der Waals surface area (Å²) in [5.41, 5.74) is 0. The second-order valence-corrected chi connectivity index (χ2v) is 6.70. The number of nitrogens with zero attached hydrogens (tertiary/aromatic N) is 2. The van der Waals surface area contributed by atoms with Gasteiger partial charge in [0, 0.05) is 45.9 Å². The van der Waals surface area contributed by atoms with Gasteiger partial charge in [0.25, 0.3) is 0 Å². The lowest BCUT2D eigenvalue weighted by atomic mass is 10.1. The fourth-order valence-corrected chi connectivity index (χ4v) is 3.08. The van der Waals surface area contributed by atoms with E-state index in [1.165, 1.54) is 31.4 Å². The van der Waals surface area contributed by atoms with Crippen LogP contribution in [0.4, 0.5) is 0 Å². The lowest BCUT2D eigenvalue weighted by molar-refractivity contribution is 0.128. The zero-order valence-corrected chi connectivity index (χ0v) is 15.4. The van der Waals surface area contributed by atoms with Crippen molar-refractivity contribution in [2.45, 2.75) is 38.6 Å². The molecule has 0 atom stereocenters. The van der Waals surface area contributed by atoms with E-state index in [1.807, 2.05) is 11.8 Å². The maximum Gasteiger partial charge on any atom is 0.191 e. The zero-order valence-electron chi connectivity index (χ0n) is 14.6. The maximum atomic E-state index is 5.15. The SMILES string of the molecule is CCNC(=NCCCCSC)NC1CCN(CCOC)CC1. The van der Waals surface area contributed by atoms with Gasteiger partial charge in [0.2, 0.25) is 0 Å². The van der Waals surface area contributed by atoms with Gasteiger partial charge in [-0.15, -0.1) is 0 Å². The topological polar surface area (TPSA) is 48.9 Å². The molecule has 0 bridgehead atoms. The molecule has 130 valence electrons. The molecule has 0 saturated carbocycles. The minimum Gasteiger partial charge on any atom is -0.383 e. The second kappa shape index (κ2) is 13.0. The van der Waals surface area contributed by atoms with Crippen molar-refractivity contribution >= 4 is 17.7 Å². The van der Waals surface area contributed by atoms with Crippen LogP contribution >= 0.6 is 11.8 Å². The highest BCUT2D eigenvalue weighted by Gasteiger charge is 2.19. The monoisotopic (exact) mass is 330 g/mol. The van der Waals surface area contributed by atoms with Gasteiger partial charge in [0.1, 0.15) is 0 Å². The Morgan fingerprint density at radius 2 is 2.09 bits per heavy atom. The molecule has 22 heavy (non-hydrogen) atoms. The third-order valence-electron chi connectivity index (χ3n) is 3.91. The van der Waals surface area contributed by atoms with Crippen LogP contribution in [-0.2, 0) is 4.74 Å². The molecule has 0 aliphatic carbocycles. The molecule has 1 aliphatic heterocycles. The van der Waals surface area contributed by atoms with Crippen LogP contribution in [-0.4, -0.2) is 75.4 Å². The number of rotatable bonds is 10. The molecule has 0 amide bonds. The van der Waals surface area contributed by atoms with E-state index in [1.54, 1.807) is 7.11 Å². The Balaban J connectivity index is 2.26. The first-order chi connectivity index (χ1) is 10.8. The molecule has 0 spiro atoms. The minimum atomic E-state index is 0.544. The number of guanidine groups is 1. The van der Waals surface area contributed by atoms with E-state index in [9.17, 15) is 0 Å². The fourth-order valence-electron chi connectivity index (χ4n) is 2.58. The van der Waals surface area contributed by atoms with E-state index in [0.29, 0.717) is 6.04 Å². The van der Waals surface area contributed by atoms with Gasteiger partial charge in [-0.05, 0) is 44.6 Å². The number of nitrogens with one attached hydrogen (secondary N) is 2. The van der Waals surface area contributed by atoms with Gasteiger partial charge >= 0.3 is 0 Å². The molecule has 1 fully saturated rings. The Labute approximate surface area is 140 Å². The average Bonchev–Trinajstić information content (AvgIpc) is 2.54. The van der Waals surface area contributed by atoms with Gasteiger partial charge in [-0.1, -0.05) is 0 Å². The van der Waals surface area contributed by atoms with E-state index in [4.69, 9.17) is 9.73 Å². The fraction of sp³-hybridized carbons (Fsp3) is 0.938. The van der Waals surface area contributed by atoms with Crippen molar-refractivity contribution in [3.05, 3.63) is 0 Å². The molecule has 2 N–H and O–H groups in total. The molecular formula is C16H34N4OS. The highest BCUT2D eigenvalue weighted by Crippen LogP contribution is 2.09. The van der Waals surface area contributed by atoms with Crippen LogP contribution in [0.3, 0.4) is 0 Å². The van der Waals surface area contributed by atoms with Crippen LogP contribution in [0.15, 0.2) is 4.99 Å². The zero-order chi connectivity index (χ0) is 16.0. The summed E-state index contributed by atoms with van der Waals surface area (Å²) in [5.74, 6) is 2.22. The quantitative estimate of drug-likeness (QED) is 0.363. The van der Waals surface area contributed by atoms with E-state index in [0.717, 1.165) is 45.3 Å². The number of hydrogen-bond acceptors (Lipinski definition) is 4. The van der Waals surface area contributed by atoms with E-state index >= 15 is 0 Å². The van der Waals surface area contributed by atoms with E-state index < -0.39 is 0 Å². The Morgan fingerprint density at radius 3 is 2.73 bits per heavy atom. The third-order valence-corrected chi connectivity index (χ3v) is 4.61. The summed E-state index contributed by atoms with van der Waals surface area (Å²) < 4.78 is 5.15. The molecule has 1 heterocycles. The standard InChI is InChI=1S/C16H34N4OS/c1-4-17-16(18-9-5-6-14-22-3)19-15-7-10-20(11-8-15)12-13-21-2/h15H,4-14H2,1-3H3,(H2,17,18,19). The number of piperidine rings is 1. The van der Waals surface area contributed by atoms with Crippen LogP contribution < -0.4 is 10.6 Å². The van der Waals surface area contributed by atoms with Gasteiger partial charge in [-0.25, -0.2) is 0 Å². The summed E-state index contributed by atoms with van der Waals surface area (Å²) in [6, 6.07) is 0.544. The Hall–Kier alpha value is -0.460. The van der Waals surface area contributed by atoms with Crippen LogP contribution in [0.2, 0.25) is 0 Å². The average molecular weight is 331 g/mol. The van der Waals surface area contributed by atoms with Crippen molar-refractivity contribution in [1.29, 1.82) is 0 Å². The lowest BCUT2D eigenvalue weighted by Gasteiger charge is -2.32. The van der Waals surface area contributed by atoms with Crippen molar-refractivity contribution < 1.29 is 4.74 Å². The highest BCUT2D eigenvalue weighted by atomic mass is 32.2. The maximum absolute atomic E-state index is 5.15. The molecule has 5 nitrogen and oxygen atoms in total. The first kappa shape index (κ1) is 19.6. The minimum absolute atomic E-state index is 0.544. The van der Waals surface area contributed by atoms with Crippen molar-refractivity contribution in [1.82, 2.24) is 15.5 Å². The molecule has 0 aromatic heterocycles. The molecule has 6 heteroatoms. The number of ether oxygens (including phenoxy) is 1. The van der Waals surface area contributed by atoms with Crippen molar-refractivity contribution in [3.8, 4) is 0 Å². The number of thioether (sulfide) groups is 1. The summed E-state index contributed by atoms with van der Waals surface area (Å²) in [4.78, 5) is 7.18. The molecule has 1 aliphatic rings. The number of unbranched alkanes of at least 4 members (excludes halogenated alkanes) is 1. The van der Waals surface area contributed by atoms with Gasteiger partial charge in [0.05, 0.1) is 6.61 Å². The molecule has 1 saturated heterocycles. The lowest BCUT2D eigenvalue weighted by Crippen LogP contribution is -2.49. The van der Waals surface area contributed by atoms with Crippen molar-refractivity contribution in [2.75, 3.05) is 58.4 Å². The summed E-state index contributed by atoms with van der Waals surface area (Å²) in [7, 11) is 1.77. The third kappa shape index (κ3) is 8.86. The molecule has 0 radical (unpaired) electrons. The Morgan fingerprint density at radius 1 is 1.32 bits per heavy atom. The summed E-state index contributed by atoms with van der Waals surface area (Å²) in [6.07, 6.45) is 6.95. The molecule has 0 unspecified atom stereocenters. The van der Waals surface area contributed by atoms with Crippen LogP contribution in [0.5, 0.6) is 0 Å². The number of aliphatic imine (C=N–C) groups is 1. The van der Waals surface area contributed by atoms with Gasteiger partial charge in [-0.3, -0.25) is 4.99 Å². The molecule has 0 aromatic carbocycles. The van der Waals surface area contributed by atoms with Crippen molar-refractivity contribution in [2.24, 2.45) is 4.99 Å². The summed E-state index contributed by atoms with van der Waals surface area (Å²) in [5, 5.41) is 6.97.